The molecule has 18 heavy (non-hydrogen) atoms. The number of benzene rings is 1. The van der Waals surface area contributed by atoms with E-state index in [1.807, 2.05) is 18.2 Å². The highest BCUT2D eigenvalue weighted by atomic mass is 16.5. The maximum Gasteiger partial charge on any atom is 0.337 e. The van der Waals surface area contributed by atoms with E-state index in [4.69, 9.17) is 4.74 Å². The third kappa shape index (κ3) is 2.77. The van der Waals surface area contributed by atoms with Crippen molar-refractivity contribution in [2.45, 2.75) is 12.8 Å². The lowest BCUT2D eigenvalue weighted by Gasteiger charge is -2.07. The van der Waals surface area contributed by atoms with Crippen LogP contribution in [0.3, 0.4) is 0 Å². The van der Waals surface area contributed by atoms with Gasteiger partial charge in [-0.1, -0.05) is 54.1 Å². The number of hydrogen-bond acceptors (Lipinski definition) is 2. The molecule has 0 amide bonds. The Morgan fingerprint density at radius 3 is 2.56 bits per heavy atom. The fraction of sp³-hybridized carbons (Fsp3) is 0.188. The Morgan fingerprint density at radius 2 is 1.89 bits per heavy atom. The molecule has 0 aliphatic heterocycles. The summed E-state index contributed by atoms with van der Waals surface area (Å²) in [6.45, 7) is 2.07. The fourth-order valence-electron chi connectivity index (χ4n) is 1.87. The molecular formula is C16H16O2. The molecule has 2 heteroatoms. The zero-order valence-corrected chi connectivity index (χ0v) is 10.6. The summed E-state index contributed by atoms with van der Waals surface area (Å²) in [6, 6.07) is 8.41. The number of aryl methyl sites for hydroxylation is 1. The summed E-state index contributed by atoms with van der Waals surface area (Å²) in [5.41, 5.74) is 3.03. The van der Waals surface area contributed by atoms with Crippen LogP contribution in [0.4, 0.5) is 0 Å². The van der Waals surface area contributed by atoms with Crippen molar-refractivity contribution in [3.8, 4) is 0 Å². The highest BCUT2D eigenvalue weighted by Gasteiger charge is 2.10. The minimum atomic E-state index is -0.305. The monoisotopic (exact) mass is 240 g/mol. The molecule has 0 aromatic heterocycles. The summed E-state index contributed by atoms with van der Waals surface area (Å²) in [5.74, 6) is -0.107. The molecule has 0 spiro atoms. The molecule has 0 bridgehead atoms. The van der Waals surface area contributed by atoms with E-state index in [-0.39, 0.29) is 11.9 Å². The SMILES string of the molecule is COC(=O)C1=CC=CC(c2ccc(C)cc2)C=C1. The topological polar surface area (TPSA) is 26.3 Å². The standard InChI is InChI=1S/C16H16O2/c1-12-6-8-14(9-7-12)13-4-3-5-15(11-10-13)16(17)18-2/h3-11,13H,1-2H3. The van der Waals surface area contributed by atoms with Gasteiger partial charge in [0.25, 0.3) is 0 Å². The molecule has 2 rings (SSSR count). The molecule has 0 N–H and O–H groups in total. The minimum absolute atomic E-state index is 0.198. The van der Waals surface area contributed by atoms with Gasteiger partial charge in [0.2, 0.25) is 0 Å². The van der Waals surface area contributed by atoms with Crippen molar-refractivity contribution in [1.29, 1.82) is 0 Å². The van der Waals surface area contributed by atoms with Crippen molar-refractivity contribution in [1.82, 2.24) is 0 Å². The van der Waals surface area contributed by atoms with E-state index < -0.39 is 0 Å². The van der Waals surface area contributed by atoms with Crippen LogP contribution in [0.1, 0.15) is 17.0 Å². The Labute approximate surface area is 107 Å². The number of carbonyl (C=O) groups excluding carboxylic acids is 1. The van der Waals surface area contributed by atoms with E-state index in [9.17, 15) is 4.79 Å². The average molecular weight is 240 g/mol. The molecular weight excluding hydrogens is 224 g/mol. The molecule has 1 aliphatic carbocycles. The van der Waals surface area contributed by atoms with Gasteiger partial charge in [-0.05, 0) is 18.6 Å². The third-order valence-electron chi connectivity index (χ3n) is 2.96. The average Bonchev–Trinajstić information content (AvgIpc) is 2.64. The van der Waals surface area contributed by atoms with Crippen LogP contribution in [0.2, 0.25) is 0 Å². The molecule has 1 aromatic rings. The quantitative estimate of drug-likeness (QED) is 0.741. The lowest BCUT2D eigenvalue weighted by Crippen LogP contribution is -2.01. The van der Waals surface area contributed by atoms with Gasteiger partial charge in [0.1, 0.15) is 0 Å². The van der Waals surface area contributed by atoms with Crippen LogP contribution in [-0.4, -0.2) is 13.1 Å². The Balaban J connectivity index is 2.20. The van der Waals surface area contributed by atoms with Gasteiger partial charge in [0.15, 0.2) is 0 Å². The Morgan fingerprint density at radius 1 is 1.17 bits per heavy atom. The summed E-state index contributed by atoms with van der Waals surface area (Å²) in [4.78, 5) is 11.4. The molecule has 0 saturated carbocycles. The summed E-state index contributed by atoms with van der Waals surface area (Å²) < 4.78 is 4.71. The molecule has 1 aromatic carbocycles. The second-order valence-corrected chi connectivity index (χ2v) is 4.29. The largest absolute Gasteiger partial charge is 0.465 e. The number of rotatable bonds is 2. The van der Waals surface area contributed by atoms with E-state index in [1.54, 1.807) is 6.08 Å². The van der Waals surface area contributed by atoms with E-state index in [0.29, 0.717) is 5.57 Å². The summed E-state index contributed by atoms with van der Waals surface area (Å²) in [6.07, 6.45) is 9.57. The Bertz CT molecular complexity index is 519. The molecule has 0 heterocycles. The van der Waals surface area contributed by atoms with E-state index in [2.05, 4.69) is 37.3 Å². The number of carbonyl (C=O) groups is 1. The van der Waals surface area contributed by atoms with Crippen molar-refractivity contribution in [3.63, 3.8) is 0 Å². The number of allylic oxidation sites excluding steroid dienone is 4. The lowest BCUT2D eigenvalue weighted by atomic mass is 9.97. The van der Waals surface area contributed by atoms with Crippen LogP contribution in [0.15, 0.2) is 60.2 Å². The van der Waals surface area contributed by atoms with E-state index in [0.717, 1.165) is 0 Å². The smallest absolute Gasteiger partial charge is 0.337 e. The Kier molecular flexibility index (Phi) is 3.78. The molecule has 1 atom stereocenters. The zero-order valence-electron chi connectivity index (χ0n) is 10.6. The number of methoxy groups -OCH3 is 1. The maximum absolute atomic E-state index is 11.4. The van der Waals surface area contributed by atoms with Crippen molar-refractivity contribution >= 4 is 5.97 Å². The number of hydrogen-bond donors (Lipinski definition) is 0. The lowest BCUT2D eigenvalue weighted by molar-refractivity contribution is -0.135. The van der Waals surface area contributed by atoms with Crippen LogP contribution in [-0.2, 0) is 9.53 Å². The first-order valence-corrected chi connectivity index (χ1v) is 5.92. The van der Waals surface area contributed by atoms with Crippen LogP contribution in [0, 0.1) is 6.92 Å². The van der Waals surface area contributed by atoms with Crippen LogP contribution in [0.5, 0.6) is 0 Å². The van der Waals surface area contributed by atoms with E-state index in [1.165, 1.54) is 18.2 Å². The predicted octanol–water partition coefficient (Wildman–Crippen LogP) is 3.30. The Hall–Kier alpha value is -2.09. The number of esters is 1. The van der Waals surface area contributed by atoms with Crippen molar-refractivity contribution in [2.75, 3.05) is 7.11 Å². The molecule has 0 fully saturated rings. The maximum atomic E-state index is 11.4. The summed E-state index contributed by atoms with van der Waals surface area (Å²) in [7, 11) is 1.39. The van der Waals surface area contributed by atoms with Crippen LogP contribution >= 0.6 is 0 Å². The highest BCUT2D eigenvalue weighted by Crippen LogP contribution is 2.22. The van der Waals surface area contributed by atoms with Gasteiger partial charge in [-0.25, -0.2) is 4.79 Å². The summed E-state index contributed by atoms with van der Waals surface area (Å²) >= 11 is 0. The van der Waals surface area contributed by atoms with Gasteiger partial charge in [-0.15, -0.1) is 0 Å². The van der Waals surface area contributed by atoms with Crippen molar-refractivity contribution in [2.24, 2.45) is 0 Å². The second kappa shape index (κ2) is 5.50. The van der Waals surface area contributed by atoms with Gasteiger partial charge in [-0.2, -0.15) is 0 Å². The van der Waals surface area contributed by atoms with E-state index >= 15 is 0 Å². The molecule has 92 valence electrons. The third-order valence-corrected chi connectivity index (χ3v) is 2.96. The van der Waals surface area contributed by atoms with Crippen LogP contribution < -0.4 is 0 Å². The first-order valence-electron chi connectivity index (χ1n) is 5.92. The minimum Gasteiger partial charge on any atom is -0.465 e. The predicted molar refractivity (Wildman–Crippen MR) is 72.3 cm³/mol. The highest BCUT2D eigenvalue weighted by molar-refractivity contribution is 5.92. The number of ether oxygens (including phenoxy) is 1. The van der Waals surface area contributed by atoms with Crippen molar-refractivity contribution < 1.29 is 9.53 Å². The molecule has 0 radical (unpaired) electrons. The van der Waals surface area contributed by atoms with Gasteiger partial charge in [-0.3, -0.25) is 0 Å². The molecule has 0 saturated heterocycles. The zero-order chi connectivity index (χ0) is 13.0. The fourth-order valence-corrected chi connectivity index (χ4v) is 1.87. The van der Waals surface area contributed by atoms with Gasteiger partial charge < -0.3 is 4.74 Å². The first kappa shape index (κ1) is 12.4. The molecule has 1 aliphatic rings. The molecule has 1 unspecified atom stereocenters. The summed E-state index contributed by atoms with van der Waals surface area (Å²) in [5, 5.41) is 0. The molecule has 2 nitrogen and oxygen atoms in total. The normalized spacial score (nSPS) is 18.1. The second-order valence-electron chi connectivity index (χ2n) is 4.29. The van der Waals surface area contributed by atoms with Gasteiger partial charge in [0, 0.05) is 5.92 Å². The van der Waals surface area contributed by atoms with Crippen molar-refractivity contribution in [3.05, 3.63) is 71.3 Å². The first-order chi connectivity index (χ1) is 8.70. The van der Waals surface area contributed by atoms with Gasteiger partial charge >= 0.3 is 5.97 Å². The van der Waals surface area contributed by atoms with Crippen LogP contribution in [0.25, 0.3) is 0 Å². The van der Waals surface area contributed by atoms with Gasteiger partial charge in [0.05, 0.1) is 12.7 Å².